The molecule has 4 N–H and O–H groups in total. The van der Waals surface area contributed by atoms with E-state index in [9.17, 15) is 9.90 Å². The number of methoxy groups -OCH3 is 1. The number of aliphatic hydroxyl groups excluding tert-OH is 1. The van der Waals surface area contributed by atoms with Crippen molar-refractivity contribution in [3.05, 3.63) is 65.2 Å². The average Bonchev–Trinajstić information content (AvgIpc) is 2.59. The van der Waals surface area contributed by atoms with Gasteiger partial charge in [0.2, 0.25) is 5.91 Å². The molecule has 2 aromatic rings. The lowest BCUT2D eigenvalue weighted by atomic mass is 10.0. The number of carbonyl (C=O) groups excluding carboxylic acids is 1. The van der Waals surface area contributed by atoms with Crippen LogP contribution in [-0.2, 0) is 4.79 Å². The van der Waals surface area contributed by atoms with Crippen LogP contribution >= 0.6 is 12.4 Å². The largest absolute Gasteiger partial charge is 0.496 e. The zero-order chi connectivity index (χ0) is 16.8. The molecule has 0 saturated heterocycles. The smallest absolute Gasteiger partial charge is 0.241 e. The first-order valence-corrected chi connectivity index (χ1v) is 7.43. The molecule has 130 valence electrons. The third-order valence-electron chi connectivity index (χ3n) is 3.69. The number of halogens is 1. The highest BCUT2D eigenvalue weighted by atomic mass is 35.5. The molecule has 0 spiro atoms. The van der Waals surface area contributed by atoms with Crippen LogP contribution < -0.4 is 15.8 Å². The van der Waals surface area contributed by atoms with Crippen LogP contribution in [0.4, 0.5) is 0 Å². The number of carbonyl (C=O) groups is 1. The van der Waals surface area contributed by atoms with Crippen molar-refractivity contribution in [2.75, 3.05) is 13.7 Å². The highest BCUT2D eigenvalue weighted by Crippen LogP contribution is 2.24. The van der Waals surface area contributed by atoms with Crippen molar-refractivity contribution in [2.45, 2.75) is 19.1 Å². The van der Waals surface area contributed by atoms with Gasteiger partial charge in [0.25, 0.3) is 0 Å². The second kappa shape index (κ2) is 9.27. The van der Waals surface area contributed by atoms with Crippen LogP contribution in [0.3, 0.4) is 0 Å². The average molecular weight is 351 g/mol. The van der Waals surface area contributed by atoms with Gasteiger partial charge in [0, 0.05) is 12.1 Å². The Kier molecular flexibility index (Phi) is 7.71. The summed E-state index contributed by atoms with van der Waals surface area (Å²) in [6.07, 6.45) is -0.861. The number of hydrogen-bond acceptors (Lipinski definition) is 4. The fraction of sp³-hybridized carbons (Fsp3) is 0.278. The maximum atomic E-state index is 12.1. The standard InChI is InChI=1S/C18H22N2O3.ClH/c1-12-7-9-13(10-8-12)17(19)18(22)20-11-15(21)14-5-3-4-6-16(14)23-2;/h3-10,15,17,21H,11,19H2,1-2H3,(H,20,22);1H. The van der Waals surface area contributed by atoms with E-state index in [0.717, 1.165) is 11.1 Å². The van der Waals surface area contributed by atoms with Crippen molar-refractivity contribution in [1.82, 2.24) is 5.32 Å². The lowest BCUT2D eigenvalue weighted by Gasteiger charge is -2.17. The molecule has 0 radical (unpaired) electrons. The molecule has 0 aliphatic rings. The predicted molar refractivity (Wildman–Crippen MR) is 96.3 cm³/mol. The van der Waals surface area contributed by atoms with E-state index in [2.05, 4.69) is 5.32 Å². The van der Waals surface area contributed by atoms with E-state index in [4.69, 9.17) is 10.5 Å². The molecule has 24 heavy (non-hydrogen) atoms. The third-order valence-corrected chi connectivity index (χ3v) is 3.69. The monoisotopic (exact) mass is 350 g/mol. The van der Waals surface area contributed by atoms with Crippen LogP contribution in [0.15, 0.2) is 48.5 Å². The van der Waals surface area contributed by atoms with Crippen LogP contribution in [0.25, 0.3) is 0 Å². The van der Waals surface area contributed by atoms with Crippen LogP contribution in [0.1, 0.15) is 28.8 Å². The topological polar surface area (TPSA) is 84.6 Å². The SMILES string of the molecule is COc1ccccc1C(O)CNC(=O)C(N)c1ccc(C)cc1.Cl. The molecule has 0 aliphatic carbocycles. The number of rotatable bonds is 6. The predicted octanol–water partition coefficient (Wildman–Crippen LogP) is 2.28. The Balaban J connectivity index is 0.00000288. The molecule has 0 saturated carbocycles. The minimum atomic E-state index is -0.861. The van der Waals surface area contributed by atoms with Gasteiger partial charge in [0.05, 0.1) is 13.2 Å². The number of ether oxygens (including phenoxy) is 1. The van der Waals surface area contributed by atoms with E-state index in [1.807, 2.05) is 37.3 Å². The van der Waals surface area contributed by atoms with Crippen molar-refractivity contribution in [1.29, 1.82) is 0 Å². The van der Waals surface area contributed by atoms with E-state index < -0.39 is 12.1 Å². The van der Waals surface area contributed by atoms with E-state index in [-0.39, 0.29) is 24.9 Å². The molecule has 2 aromatic carbocycles. The molecule has 2 unspecified atom stereocenters. The Bertz CT molecular complexity index is 662. The molecule has 5 nitrogen and oxygen atoms in total. The molecule has 0 aromatic heterocycles. The molecule has 2 rings (SSSR count). The van der Waals surface area contributed by atoms with E-state index in [1.54, 1.807) is 18.2 Å². The Morgan fingerprint density at radius 3 is 2.46 bits per heavy atom. The first-order valence-electron chi connectivity index (χ1n) is 7.43. The fourth-order valence-corrected chi connectivity index (χ4v) is 2.28. The van der Waals surface area contributed by atoms with Crippen LogP contribution in [0, 0.1) is 6.92 Å². The highest BCUT2D eigenvalue weighted by Gasteiger charge is 2.18. The number of benzene rings is 2. The maximum absolute atomic E-state index is 12.1. The lowest BCUT2D eigenvalue weighted by Crippen LogP contribution is -2.36. The van der Waals surface area contributed by atoms with Gasteiger partial charge in [-0.1, -0.05) is 48.0 Å². The van der Waals surface area contributed by atoms with Crippen LogP contribution in [-0.4, -0.2) is 24.7 Å². The van der Waals surface area contributed by atoms with Crippen molar-refractivity contribution in [3.8, 4) is 5.75 Å². The number of amides is 1. The summed E-state index contributed by atoms with van der Waals surface area (Å²) in [5.41, 5.74) is 8.42. The van der Waals surface area contributed by atoms with E-state index >= 15 is 0 Å². The first-order chi connectivity index (χ1) is 11.0. The zero-order valence-electron chi connectivity index (χ0n) is 13.7. The van der Waals surface area contributed by atoms with Gasteiger partial charge >= 0.3 is 0 Å². The third kappa shape index (κ3) is 4.96. The number of hydrogen-bond donors (Lipinski definition) is 3. The summed E-state index contributed by atoms with van der Waals surface area (Å²) in [4.78, 5) is 12.1. The summed E-state index contributed by atoms with van der Waals surface area (Å²) < 4.78 is 5.20. The Hall–Kier alpha value is -2.08. The first kappa shape index (κ1) is 20.0. The normalized spacial score (nSPS) is 12.7. The Morgan fingerprint density at radius 1 is 1.21 bits per heavy atom. The lowest BCUT2D eigenvalue weighted by molar-refractivity contribution is -0.123. The molecule has 0 bridgehead atoms. The Morgan fingerprint density at radius 2 is 1.83 bits per heavy atom. The van der Waals surface area contributed by atoms with Crippen molar-refractivity contribution < 1.29 is 14.6 Å². The van der Waals surface area contributed by atoms with Crippen molar-refractivity contribution in [3.63, 3.8) is 0 Å². The molecule has 2 atom stereocenters. The number of nitrogens with two attached hydrogens (primary N) is 1. The molecule has 0 heterocycles. The van der Waals surface area contributed by atoms with Gasteiger partial charge < -0.3 is 20.9 Å². The molecule has 6 heteroatoms. The molecular weight excluding hydrogens is 328 g/mol. The van der Waals surface area contributed by atoms with Crippen LogP contribution in [0.2, 0.25) is 0 Å². The zero-order valence-corrected chi connectivity index (χ0v) is 14.5. The summed E-state index contributed by atoms with van der Waals surface area (Å²) in [6.45, 7) is 2.04. The molecule has 1 amide bonds. The summed E-state index contributed by atoms with van der Waals surface area (Å²) in [5.74, 6) is 0.250. The number of nitrogens with one attached hydrogen (secondary N) is 1. The van der Waals surface area contributed by atoms with Gasteiger partial charge in [-0.2, -0.15) is 0 Å². The quantitative estimate of drug-likeness (QED) is 0.746. The molecule has 0 aliphatic heterocycles. The fourth-order valence-electron chi connectivity index (χ4n) is 2.28. The Labute approximate surface area is 148 Å². The number of aliphatic hydroxyl groups is 1. The van der Waals surface area contributed by atoms with Crippen molar-refractivity contribution in [2.24, 2.45) is 5.73 Å². The van der Waals surface area contributed by atoms with Gasteiger partial charge in [0.15, 0.2) is 0 Å². The van der Waals surface area contributed by atoms with Gasteiger partial charge in [-0.25, -0.2) is 0 Å². The number of aryl methyl sites for hydroxylation is 1. The summed E-state index contributed by atoms with van der Waals surface area (Å²) in [6, 6.07) is 13.9. The van der Waals surface area contributed by atoms with E-state index in [0.29, 0.717) is 11.3 Å². The number of para-hydroxylation sites is 1. The summed E-state index contributed by atoms with van der Waals surface area (Å²) in [5, 5.41) is 12.9. The second-order valence-electron chi connectivity index (χ2n) is 5.39. The van der Waals surface area contributed by atoms with Gasteiger partial charge in [-0.05, 0) is 18.6 Å². The highest BCUT2D eigenvalue weighted by molar-refractivity contribution is 5.85. The second-order valence-corrected chi connectivity index (χ2v) is 5.39. The molecule has 0 fully saturated rings. The minimum absolute atomic E-state index is 0. The van der Waals surface area contributed by atoms with Gasteiger partial charge in [-0.3, -0.25) is 4.79 Å². The summed E-state index contributed by atoms with van der Waals surface area (Å²) >= 11 is 0. The van der Waals surface area contributed by atoms with Crippen LogP contribution in [0.5, 0.6) is 5.75 Å². The molecular formula is C18H23ClN2O3. The van der Waals surface area contributed by atoms with Gasteiger partial charge in [-0.15, -0.1) is 12.4 Å². The van der Waals surface area contributed by atoms with Crippen molar-refractivity contribution >= 4 is 18.3 Å². The minimum Gasteiger partial charge on any atom is -0.496 e. The summed E-state index contributed by atoms with van der Waals surface area (Å²) in [7, 11) is 1.54. The van der Waals surface area contributed by atoms with Gasteiger partial charge in [0.1, 0.15) is 11.8 Å². The van der Waals surface area contributed by atoms with E-state index in [1.165, 1.54) is 7.11 Å². The maximum Gasteiger partial charge on any atom is 0.241 e.